The highest BCUT2D eigenvalue weighted by molar-refractivity contribution is 6.28. The number of rotatable bonds is 7. The molecule has 2 aliphatic heterocycles. The number of methoxy groups -OCH3 is 1. The Bertz CT molecular complexity index is 944. The molecule has 2 aromatic rings. The second kappa shape index (κ2) is 10.6. The monoisotopic (exact) mass is 446 g/mol. The van der Waals surface area contributed by atoms with Gasteiger partial charge < -0.3 is 14.4 Å². The largest absolute Gasteiger partial charge is 0.493 e. The van der Waals surface area contributed by atoms with E-state index in [9.17, 15) is 9.18 Å². The second-order valence-electron chi connectivity index (χ2n) is 7.63. The van der Waals surface area contributed by atoms with Crippen LogP contribution in [-0.2, 0) is 4.79 Å². The van der Waals surface area contributed by atoms with Crippen LogP contribution in [0.25, 0.3) is 5.57 Å². The van der Waals surface area contributed by atoms with Gasteiger partial charge in [-0.3, -0.25) is 9.69 Å². The molecule has 0 unspecified atom stereocenters. The van der Waals surface area contributed by atoms with Crippen LogP contribution < -0.4 is 14.4 Å². The fourth-order valence-electron chi connectivity index (χ4n) is 4.03. The topological polar surface area (TPSA) is 42.0 Å². The fraction of sp³-hybridized carbons (Fsp3) is 0.375. The van der Waals surface area contributed by atoms with Crippen molar-refractivity contribution in [1.29, 1.82) is 0 Å². The Kier molecular flexibility index (Phi) is 7.93. The molecule has 0 aliphatic carbocycles. The molecule has 0 bridgehead atoms. The quantitative estimate of drug-likeness (QED) is 0.625. The van der Waals surface area contributed by atoms with Crippen LogP contribution in [0.5, 0.6) is 11.5 Å². The standard InChI is InChI=1S/C24H27FN2O3.ClH/c1-29-22-9-8-18(16-23(22)30-15-14-26-11-3-2-4-12-26)21-10-13-27(24(21)28)20-7-5-6-19(25)17-20;/h5-10,16-17H,2-4,11-15H2,1H3;1H. The third-order valence-corrected chi connectivity index (χ3v) is 5.66. The third-order valence-electron chi connectivity index (χ3n) is 5.66. The summed E-state index contributed by atoms with van der Waals surface area (Å²) >= 11 is 0. The molecule has 0 spiro atoms. The number of benzene rings is 2. The first kappa shape index (κ1) is 23.1. The van der Waals surface area contributed by atoms with Crippen molar-refractivity contribution >= 4 is 29.6 Å². The van der Waals surface area contributed by atoms with E-state index in [4.69, 9.17) is 9.47 Å². The molecule has 7 heteroatoms. The van der Waals surface area contributed by atoms with E-state index in [1.807, 2.05) is 24.3 Å². The van der Waals surface area contributed by atoms with Gasteiger partial charge in [-0.25, -0.2) is 4.39 Å². The summed E-state index contributed by atoms with van der Waals surface area (Å²) in [7, 11) is 1.61. The summed E-state index contributed by atoms with van der Waals surface area (Å²) in [6.07, 6.45) is 5.67. The number of carbonyl (C=O) groups excluding carboxylic acids is 1. The average Bonchev–Trinajstić information content (AvgIpc) is 3.16. The molecule has 166 valence electrons. The maximum Gasteiger partial charge on any atom is 0.258 e. The minimum absolute atomic E-state index is 0. The second-order valence-corrected chi connectivity index (χ2v) is 7.63. The highest BCUT2D eigenvalue weighted by Gasteiger charge is 2.27. The van der Waals surface area contributed by atoms with Gasteiger partial charge >= 0.3 is 0 Å². The summed E-state index contributed by atoms with van der Waals surface area (Å²) in [4.78, 5) is 16.9. The Hall–Kier alpha value is -2.57. The van der Waals surface area contributed by atoms with Crippen molar-refractivity contribution in [2.45, 2.75) is 19.3 Å². The lowest BCUT2D eigenvalue weighted by Crippen LogP contribution is -2.33. The maximum absolute atomic E-state index is 13.6. The van der Waals surface area contributed by atoms with Gasteiger partial charge in [-0.2, -0.15) is 0 Å². The number of piperidine rings is 1. The molecule has 2 aliphatic rings. The Morgan fingerprint density at radius 3 is 2.58 bits per heavy atom. The Morgan fingerprint density at radius 2 is 1.84 bits per heavy atom. The number of amides is 1. The molecule has 0 N–H and O–H groups in total. The van der Waals surface area contributed by atoms with Gasteiger partial charge in [0.1, 0.15) is 12.4 Å². The molecule has 0 radical (unpaired) electrons. The van der Waals surface area contributed by atoms with Gasteiger partial charge in [0.15, 0.2) is 11.5 Å². The number of hydrogen-bond donors (Lipinski definition) is 0. The van der Waals surface area contributed by atoms with Crippen molar-refractivity contribution in [3.05, 3.63) is 59.9 Å². The molecule has 2 aromatic carbocycles. The first-order chi connectivity index (χ1) is 14.7. The van der Waals surface area contributed by atoms with Gasteiger partial charge in [-0.15, -0.1) is 12.4 Å². The van der Waals surface area contributed by atoms with Crippen molar-refractivity contribution < 1.29 is 18.7 Å². The van der Waals surface area contributed by atoms with E-state index >= 15 is 0 Å². The molecule has 1 saturated heterocycles. The van der Waals surface area contributed by atoms with Crippen LogP contribution in [-0.4, -0.2) is 50.7 Å². The lowest BCUT2D eigenvalue weighted by atomic mass is 10.1. The minimum Gasteiger partial charge on any atom is -0.493 e. The summed E-state index contributed by atoms with van der Waals surface area (Å²) < 4.78 is 25.0. The van der Waals surface area contributed by atoms with E-state index in [1.165, 1.54) is 31.4 Å². The Labute approximate surface area is 188 Å². The maximum atomic E-state index is 13.6. The minimum atomic E-state index is -0.359. The molecular weight excluding hydrogens is 419 g/mol. The zero-order valence-corrected chi connectivity index (χ0v) is 18.5. The molecule has 5 nitrogen and oxygen atoms in total. The number of halogens is 2. The molecule has 0 aromatic heterocycles. The predicted molar refractivity (Wildman–Crippen MR) is 123 cm³/mol. The lowest BCUT2D eigenvalue weighted by Gasteiger charge is -2.26. The summed E-state index contributed by atoms with van der Waals surface area (Å²) in [5.74, 6) is 0.767. The van der Waals surface area contributed by atoms with Crippen molar-refractivity contribution in [3.8, 4) is 11.5 Å². The van der Waals surface area contributed by atoms with E-state index in [2.05, 4.69) is 4.90 Å². The van der Waals surface area contributed by atoms with Crippen LogP contribution in [0.2, 0.25) is 0 Å². The first-order valence-electron chi connectivity index (χ1n) is 10.5. The van der Waals surface area contributed by atoms with E-state index < -0.39 is 0 Å². The third kappa shape index (κ3) is 5.38. The van der Waals surface area contributed by atoms with E-state index in [-0.39, 0.29) is 24.1 Å². The molecule has 1 fully saturated rings. The number of likely N-dealkylation sites (tertiary alicyclic amines) is 1. The van der Waals surface area contributed by atoms with Crippen LogP contribution >= 0.6 is 12.4 Å². The lowest BCUT2D eigenvalue weighted by molar-refractivity contribution is -0.112. The highest BCUT2D eigenvalue weighted by atomic mass is 35.5. The Balaban J connectivity index is 0.00000272. The average molecular weight is 447 g/mol. The number of carbonyl (C=O) groups is 1. The number of nitrogens with zero attached hydrogens (tertiary/aromatic N) is 2. The zero-order valence-electron chi connectivity index (χ0n) is 17.7. The van der Waals surface area contributed by atoms with E-state index in [1.54, 1.807) is 24.1 Å². The molecule has 2 heterocycles. The van der Waals surface area contributed by atoms with Crippen molar-refractivity contribution in [2.75, 3.05) is 44.8 Å². The van der Waals surface area contributed by atoms with Crippen molar-refractivity contribution in [2.24, 2.45) is 0 Å². The van der Waals surface area contributed by atoms with Crippen LogP contribution in [0.3, 0.4) is 0 Å². The summed E-state index contributed by atoms with van der Waals surface area (Å²) in [5, 5.41) is 0. The predicted octanol–water partition coefficient (Wildman–Crippen LogP) is 4.55. The molecule has 0 atom stereocenters. The van der Waals surface area contributed by atoms with Gasteiger partial charge in [0.05, 0.1) is 7.11 Å². The highest BCUT2D eigenvalue weighted by Crippen LogP contribution is 2.34. The van der Waals surface area contributed by atoms with E-state index in [0.717, 1.165) is 25.2 Å². The Morgan fingerprint density at radius 1 is 1.03 bits per heavy atom. The smallest absolute Gasteiger partial charge is 0.258 e. The summed E-state index contributed by atoms with van der Waals surface area (Å²) in [6.45, 7) is 4.11. The van der Waals surface area contributed by atoms with Crippen molar-refractivity contribution in [3.63, 3.8) is 0 Å². The molecule has 0 saturated carbocycles. The molecule has 31 heavy (non-hydrogen) atoms. The van der Waals surface area contributed by atoms with E-state index in [0.29, 0.717) is 35.9 Å². The molecular formula is C24H28ClFN2O3. The van der Waals surface area contributed by atoms with Crippen molar-refractivity contribution in [1.82, 2.24) is 4.90 Å². The fourth-order valence-corrected chi connectivity index (χ4v) is 4.03. The zero-order chi connectivity index (χ0) is 20.9. The molecule has 1 amide bonds. The van der Waals surface area contributed by atoms with Gasteiger partial charge in [0.2, 0.25) is 0 Å². The van der Waals surface area contributed by atoms with Gasteiger partial charge in [-0.1, -0.05) is 24.6 Å². The SMILES string of the molecule is COc1ccc(C2=CCN(c3cccc(F)c3)C2=O)cc1OCCN1CCCCC1.Cl. The number of hydrogen-bond acceptors (Lipinski definition) is 4. The number of ether oxygens (including phenoxy) is 2. The summed E-state index contributed by atoms with van der Waals surface area (Å²) in [5.41, 5.74) is 1.91. The van der Waals surface area contributed by atoms with Crippen LogP contribution in [0.15, 0.2) is 48.5 Å². The van der Waals surface area contributed by atoms with Gasteiger partial charge in [0, 0.05) is 24.4 Å². The van der Waals surface area contributed by atoms with Gasteiger partial charge in [-0.05, 0) is 61.8 Å². The van der Waals surface area contributed by atoms with Gasteiger partial charge in [0.25, 0.3) is 5.91 Å². The van der Waals surface area contributed by atoms with Crippen LogP contribution in [0.4, 0.5) is 10.1 Å². The van der Waals surface area contributed by atoms with Crippen LogP contribution in [0.1, 0.15) is 24.8 Å². The summed E-state index contributed by atoms with van der Waals surface area (Å²) in [6, 6.07) is 11.6. The normalized spacial score (nSPS) is 16.6. The first-order valence-corrected chi connectivity index (χ1v) is 10.5. The molecule has 4 rings (SSSR count). The van der Waals surface area contributed by atoms with Crippen LogP contribution in [0, 0.1) is 5.82 Å². The number of anilines is 1.